The van der Waals surface area contributed by atoms with Crippen molar-refractivity contribution < 1.29 is 5.21 Å². The van der Waals surface area contributed by atoms with Gasteiger partial charge in [-0.05, 0) is 31.2 Å². The lowest BCUT2D eigenvalue weighted by Gasteiger charge is -2.15. The predicted octanol–water partition coefficient (Wildman–Crippen LogP) is 5.67. The molecule has 3 aromatic carbocycles. The van der Waals surface area contributed by atoms with E-state index < -0.39 is 5.96 Å². The van der Waals surface area contributed by atoms with Crippen molar-refractivity contribution in [2.45, 2.75) is 6.92 Å². The maximum atomic E-state index is 9.52. The fourth-order valence-electron chi connectivity index (χ4n) is 2.70. The quantitative estimate of drug-likeness (QED) is 0.243. The second-order valence-corrected chi connectivity index (χ2v) is 11.9. The number of aryl methyl sites for hydroxylation is 1. The summed E-state index contributed by atoms with van der Waals surface area (Å²) in [5, 5.41) is 15.4. The third-order valence-electron chi connectivity index (χ3n) is 4.16. The zero-order valence-corrected chi connectivity index (χ0v) is 16.9. The first-order valence-corrected chi connectivity index (χ1v) is 12.2. The molecule has 130 valence electrons. The fraction of sp³-hybridized carbons (Fsp3) is 0.0455. The molecule has 3 aromatic rings. The van der Waals surface area contributed by atoms with Crippen LogP contribution in [0.5, 0.6) is 0 Å². The number of allylic oxidation sites excluding steroid dienone is 1. The Kier molecular flexibility index (Phi) is 6.03. The van der Waals surface area contributed by atoms with Gasteiger partial charge < -0.3 is 5.21 Å². The van der Waals surface area contributed by atoms with Crippen LogP contribution in [0.25, 0.3) is 0 Å². The number of nitrogens with zero attached hydrogens (tertiary/aromatic N) is 1. The Morgan fingerprint density at radius 2 is 1.35 bits per heavy atom. The van der Waals surface area contributed by atoms with Gasteiger partial charge in [0.25, 0.3) is 0 Å². The van der Waals surface area contributed by atoms with E-state index >= 15 is 0 Å². The van der Waals surface area contributed by atoms with E-state index in [0.29, 0.717) is 5.71 Å². The highest BCUT2D eigenvalue weighted by Crippen LogP contribution is 2.65. The highest BCUT2D eigenvalue weighted by atomic mass is 79.9. The lowest BCUT2D eigenvalue weighted by atomic mass is 10.1. The van der Waals surface area contributed by atoms with Crippen molar-refractivity contribution in [3.63, 3.8) is 0 Å². The number of rotatable bonds is 5. The molecule has 0 aliphatic rings. The summed E-state index contributed by atoms with van der Waals surface area (Å²) in [4.78, 5) is 0. The van der Waals surface area contributed by atoms with Crippen LogP contribution in [0.4, 0.5) is 0 Å². The van der Waals surface area contributed by atoms with E-state index in [4.69, 9.17) is 0 Å². The summed E-state index contributed by atoms with van der Waals surface area (Å²) in [5.74, 6) is 0.200. The van der Waals surface area contributed by atoms with Gasteiger partial charge >= 0.3 is 0 Å². The first kappa shape index (κ1) is 18.6. The zero-order chi connectivity index (χ0) is 18.4. The Hall–Kier alpha value is -2.22. The van der Waals surface area contributed by atoms with E-state index in [2.05, 4.69) is 50.7 Å². The molecular formula is C22H20BrNOP+. The number of hydrogen-bond acceptors (Lipinski definition) is 2. The van der Waals surface area contributed by atoms with Gasteiger partial charge in [-0.15, -0.1) is 0 Å². The summed E-state index contributed by atoms with van der Waals surface area (Å²) in [6.45, 7) is 2.04. The Bertz CT molecular complexity index is 866. The molecule has 0 aliphatic carbocycles. The molecule has 3 rings (SSSR count). The average molecular weight is 425 g/mol. The SMILES string of the molecule is Cc1ccc(C(C=C[P+](Br)(c2ccccc2)c2ccccc2)=NO)cc1. The first-order chi connectivity index (χ1) is 12.6. The van der Waals surface area contributed by atoms with Gasteiger partial charge in [-0.3, -0.25) is 0 Å². The van der Waals surface area contributed by atoms with Gasteiger partial charge in [-0.25, -0.2) is 0 Å². The molecule has 0 saturated heterocycles. The van der Waals surface area contributed by atoms with Crippen LogP contribution < -0.4 is 10.6 Å². The minimum absolute atomic E-state index is 0.542. The van der Waals surface area contributed by atoms with Crippen LogP contribution in [-0.2, 0) is 0 Å². The largest absolute Gasteiger partial charge is 0.410 e. The molecule has 0 heterocycles. The Balaban J connectivity index is 2.03. The van der Waals surface area contributed by atoms with Gasteiger partial charge in [0.1, 0.15) is 16.3 Å². The van der Waals surface area contributed by atoms with Gasteiger partial charge in [0.05, 0.1) is 5.82 Å². The van der Waals surface area contributed by atoms with Crippen molar-refractivity contribution >= 4 is 37.8 Å². The Morgan fingerprint density at radius 3 is 1.81 bits per heavy atom. The molecule has 26 heavy (non-hydrogen) atoms. The van der Waals surface area contributed by atoms with Crippen molar-refractivity contribution in [1.82, 2.24) is 0 Å². The molecule has 0 amide bonds. The van der Waals surface area contributed by atoms with Crippen LogP contribution in [0.2, 0.25) is 0 Å². The highest BCUT2D eigenvalue weighted by Gasteiger charge is 2.38. The standard InChI is InChI=1S/C22H19BrNOP/c1-18-12-14-19(15-13-18)22(24-25)16-17-26(23,20-8-4-2-5-9-20)21-10-6-3-7-11-21/h2-17H,1H3/p+1. The normalized spacial score (nSPS) is 12.5. The lowest BCUT2D eigenvalue weighted by molar-refractivity contribution is 0.320. The van der Waals surface area contributed by atoms with E-state index in [1.807, 2.05) is 73.7 Å². The second-order valence-electron chi connectivity index (χ2n) is 5.97. The third-order valence-corrected chi connectivity index (χ3v) is 9.98. The van der Waals surface area contributed by atoms with Crippen LogP contribution in [-0.4, -0.2) is 10.9 Å². The molecule has 0 unspecified atom stereocenters. The van der Waals surface area contributed by atoms with Gasteiger partial charge in [0.15, 0.2) is 21.5 Å². The van der Waals surface area contributed by atoms with Crippen molar-refractivity contribution in [3.8, 4) is 0 Å². The molecule has 0 atom stereocenters. The Morgan fingerprint density at radius 1 is 0.846 bits per heavy atom. The van der Waals surface area contributed by atoms with Gasteiger partial charge in [0, 0.05) is 11.6 Å². The number of oxime groups is 1. The molecule has 0 bridgehead atoms. The molecule has 0 radical (unpaired) electrons. The maximum Gasteiger partial charge on any atom is 0.173 e. The maximum absolute atomic E-state index is 9.52. The van der Waals surface area contributed by atoms with E-state index in [9.17, 15) is 5.21 Å². The monoisotopic (exact) mass is 424 g/mol. The summed E-state index contributed by atoms with van der Waals surface area (Å²) in [5.41, 5.74) is 2.60. The summed E-state index contributed by atoms with van der Waals surface area (Å²) >= 11 is 4.03. The Labute approximate surface area is 163 Å². The van der Waals surface area contributed by atoms with Crippen molar-refractivity contribution in [3.05, 3.63) is 108 Å². The molecule has 0 fully saturated rings. The van der Waals surface area contributed by atoms with Crippen LogP contribution >= 0.6 is 21.5 Å². The number of hydrogen-bond donors (Lipinski definition) is 1. The van der Waals surface area contributed by atoms with Gasteiger partial charge in [0.2, 0.25) is 0 Å². The third kappa shape index (κ3) is 4.12. The lowest BCUT2D eigenvalue weighted by Crippen LogP contribution is -2.16. The van der Waals surface area contributed by atoms with Crippen LogP contribution in [0.1, 0.15) is 11.1 Å². The smallest absolute Gasteiger partial charge is 0.173 e. The topological polar surface area (TPSA) is 32.6 Å². The van der Waals surface area contributed by atoms with Crippen molar-refractivity contribution in [2.24, 2.45) is 5.16 Å². The average Bonchev–Trinajstić information content (AvgIpc) is 2.71. The molecule has 4 heteroatoms. The number of benzene rings is 3. The highest BCUT2D eigenvalue weighted by molar-refractivity contribution is 9.44. The first-order valence-electron chi connectivity index (χ1n) is 8.31. The van der Waals surface area contributed by atoms with E-state index in [1.165, 1.54) is 16.2 Å². The van der Waals surface area contributed by atoms with Crippen LogP contribution in [0.3, 0.4) is 0 Å². The molecule has 0 spiro atoms. The summed E-state index contributed by atoms with van der Waals surface area (Å²) in [6, 6.07) is 28.7. The van der Waals surface area contributed by atoms with Crippen LogP contribution in [0.15, 0.2) is 102 Å². The van der Waals surface area contributed by atoms with Gasteiger partial charge in [-0.2, -0.15) is 0 Å². The minimum atomic E-state index is -1.93. The minimum Gasteiger partial charge on any atom is -0.410 e. The molecule has 2 nitrogen and oxygen atoms in total. The van der Waals surface area contributed by atoms with Crippen molar-refractivity contribution in [2.75, 3.05) is 0 Å². The molecular weight excluding hydrogens is 405 g/mol. The zero-order valence-electron chi connectivity index (χ0n) is 14.5. The van der Waals surface area contributed by atoms with Gasteiger partial charge in [-0.1, -0.05) is 71.4 Å². The molecule has 0 aliphatic heterocycles. The molecule has 1 N–H and O–H groups in total. The molecule has 0 saturated carbocycles. The summed E-state index contributed by atoms with van der Waals surface area (Å²) in [7, 11) is 0. The predicted molar refractivity (Wildman–Crippen MR) is 117 cm³/mol. The van der Waals surface area contributed by atoms with Crippen molar-refractivity contribution in [1.29, 1.82) is 0 Å². The second kappa shape index (κ2) is 8.44. The molecule has 0 aromatic heterocycles. The summed E-state index contributed by atoms with van der Waals surface area (Å²) < 4.78 is 0. The fourth-order valence-corrected chi connectivity index (χ4v) is 6.67. The van der Waals surface area contributed by atoms with E-state index in [0.717, 1.165) is 5.56 Å². The summed E-state index contributed by atoms with van der Waals surface area (Å²) in [6.07, 6.45) is 1.90. The van der Waals surface area contributed by atoms with E-state index in [1.54, 1.807) is 0 Å². The van der Waals surface area contributed by atoms with Crippen LogP contribution in [0, 0.1) is 6.92 Å². The number of halogens is 1. The van der Waals surface area contributed by atoms with E-state index in [-0.39, 0.29) is 0 Å².